The van der Waals surface area contributed by atoms with Gasteiger partial charge in [0.2, 0.25) is 11.8 Å². The summed E-state index contributed by atoms with van der Waals surface area (Å²) in [5.74, 6) is 0.374. The van der Waals surface area contributed by atoms with E-state index in [9.17, 15) is 10.1 Å². The van der Waals surface area contributed by atoms with Crippen molar-refractivity contribution in [3.05, 3.63) is 75.7 Å². The zero-order chi connectivity index (χ0) is 17.6. The van der Waals surface area contributed by atoms with E-state index in [-0.39, 0.29) is 17.5 Å². The van der Waals surface area contributed by atoms with Gasteiger partial charge in [-0.15, -0.1) is 0 Å². The third-order valence-corrected chi connectivity index (χ3v) is 3.53. The highest BCUT2D eigenvalue weighted by atomic mass is 35.5. The molecule has 0 aliphatic carbocycles. The average molecular weight is 357 g/mol. The zero-order valence-corrected chi connectivity index (χ0v) is 13.6. The first-order valence-electron chi connectivity index (χ1n) is 7.28. The van der Waals surface area contributed by atoms with Gasteiger partial charge < -0.3 is 10.6 Å². The lowest BCUT2D eigenvalue weighted by atomic mass is 10.3. The molecule has 0 amide bonds. The van der Waals surface area contributed by atoms with Crippen molar-refractivity contribution in [2.24, 2.45) is 0 Å². The summed E-state index contributed by atoms with van der Waals surface area (Å²) in [7, 11) is 0. The van der Waals surface area contributed by atoms with E-state index in [1.165, 1.54) is 6.20 Å². The quantitative estimate of drug-likeness (QED) is 0.511. The summed E-state index contributed by atoms with van der Waals surface area (Å²) in [5.41, 5.74) is 1.45. The molecular weight excluding hydrogens is 344 g/mol. The third kappa shape index (κ3) is 4.39. The molecule has 25 heavy (non-hydrogen) atoms. The number of nitrogens with one attached hydrogen (secondary N) is 2. The fourth-order valence-corrected chi connectivity index (χ4v) is 2.17. The molecule has 3 aromatic rings. The standard InChI is InChI=1S/C16H13ClN6O2/c17-12-1-3-13(4-2-12)21-16-20-10-14(23(24)25)15(22-16)19-9-11-5-7-18-8-6-11/h1-8,10H,9H2,(H2,19,20,21,22). The Balaban J connectivity index is 1.81. The van der Waals surface area contributed by atoms with Gasteiger partial charge in [-0.25, -0.2) is 4.98 Å². The minimum absolute atomic E-state index is 0.133. The second-order valence-corrected chi connectivity index (χ2v) is 5.46. The number of pyridine rings is 1. The first kappa shape index (κ1) is 16.6. The van der Waals surface area contributed by atoms with Crippen LogP contribution in [0.2, 0.25) is 5.02 Å². The Bertz CT molecular complexity index is 874. The molecule has 3 rings (SSSR count). The van der Waals surface area contributed by atoms with Crippen molar-refractivity contribution in [1.29, 1.82) is 0 Å². The summed E-state index contributed by atoms with van der Waals surface area (Å²) in [6, 6.07) is 10.6. The van der Waals surface area contributed by atoms with Crippen molar-refractivity contribution >= 4 is 34.7 Å². The van der Waals surface area contributed by atoms with Gasteiger partial charge in [0.05, 0.1) is 4.92 Å². The normalized spacial score (nSPS) is 10.3. The van der Waals surface area contributed by atoms with Crippen LogP contribution < -0.4 is 10.6 Å². The largest absolute Gasteiger partial charge is 0.360 e. The predicted molar refractivity (Wildman–Crippen MR) is 95.0 cm³/mol. The van der Waals surface area contributed by atoms with Crippen LogP contribution in [0.3, 0.4) is 0 Å². The lowest BCUT2D eigenvalue weighted by molar-refractivity contribution is -0.384. The summed E-state index contributed by atoms with van der Waals surface area (Å²) >= 11 is 5.85. The molecule has 2 heterocycles. The van der Waals surface area contributed by atoms with Gasteiger partial charge in [-0.05, 0) is 42.0 Å². The molecule has 0 aliphatic rings. The summed E-state index contributed by atoms with van der Waals surface area (Å²) in [5, 5.41) is 17.7. The third-order valence-electron chi connectivity index (χ3n) is 3.28. The minimum Gasteiger partial charge on any atom is -0.360 e. The molecule has 0 atom stereocenters. The molecule has 0 saturated heterocycles. The van der Waals surface area contributed by atoms with Crippen molar-refractivity contribution in [3.63, 3.8) is 0 Å². The molecule has 0 bridgehead atoms. The monoisotopic (exact) mass is 356 g/mol. The minimum atomic E-state index is -0.527. The molecule has 0 saturated carbocycles. The SMILES string of the molecule is O=[N+]([O-])c1cnc(Nc2ccc(Cl)cc2)nc1NCc1ccncc1. The van der Waals surface area contributed by atoms with E-state index in [1.807, 2.05) is 12.1 Å². The summed E-state index contributed by atoms with van der Waals surface area (Å²) in [6.45, 7) is 0.376. The van der Waals surface area contributed by atoms with Crippen LogP contribution in [0.1, 0.15) is 5.56 Å². The Morgan fingerprint density at radius 1 is 1.12 bits per heavy atom. The van der Waals surface area contributed by atoms with Crippen LogP contribution in [0.5, 0.6) is 0 Å². The number of hydrogen-bond acceptors (Lipinski definition) is 7. The highest BCUT2D eigenvalue weighted by molar-refractivity contribution is 6.30. The Morgan fingerprint density at radius 2 is 1.84 bits per heavy atom. The molecule has 2 aromatic heterocycles. The first-order chi connectivity index (χ1) is 12.1. The Hall–Kier alpha value is -3.26. The summed E-state index contributed by atoms with van der Waals surface area (Å²) in [4.78, 5) is 22.8. The van der Waals surface area contributed by atoms with E-state index in [0.717, 1.165) is 11.3 Å². The Labute approximate surface area is 148 Å². The van der Waals surface area contributed by atoms with Gasteiger partial charge >= 0.3 is 5.69 Å². The van der Waals surface area contributed by atoms with Crippen LogP contribution in [0.15, 0.2) is 55.0 Å². The van der Waals surface area contributed by atoms with E-state index in [4.69, 9.17) is 11.6 Å². The Kier molecular flexibility index (Phi) is 5.00. The topological polar surface area (TPSA) is 106 Å². The smallest absolute Gasteiger partial charge is 0.329 e. The Morgan fingerprint density at radius 3 is 2.52 bits per heavy atom. The molecule has 0 spiro atoms. The maximum absolute atomic E-state index is 11.2. The van der Waals surface area contributed by atoms with Gasteiger partial charge in [0, 0.05) is 29.6 Å². The fourth-order valence-electron chi connectivity index (χ4n) is 2.05. The van der Waals surface area contributed by atoms with Crippen LogP contribution in [-0.2, 0) is 6.54 Å². The number of nitrogens with zero attached hydrogens (tertiary/aromatic N) is 4. The van der Waals surface area contributed by atoms with Crippen LogP contribution in [0.25, 0.3) is 0 Å². The van der Waals surface area contributed by atoms with Gasteiger partial charge in [0.1, 0.15) is 6.20 Å². The molecule has 0 aliphatic heterocycles. The van der Waals surface area contributed by atoms with E-state index < -0.39 is 4.92 Å². The lowest BCUT2D eigenvalue weighted by Gasteiger charge is -2.09. The predicted octanol–water partition coefficient (Wildman–Crippen LogP) is 3.79. The molecular formula is C16H13ClN6O2. The van der Waals surface area contributed by atoms with Gasteiger partial charge in [0.25, 0.3) is 0 Å². The summed E-state index contributed by atoms with van der Waals surface area (Å²) < 4.78 is 0. The number of rotatable bonds is 6. The van der Waals surface area contributed by atoms with Crippen molar-refractivity contribution in [1.82, 2.24) is 15.0 Å². The van der Waals surface area contributed by atoms with E-state index in [0.29, 0.717) is 11.6 Å². The van der Waals surface area contributed by atoms with Crippen molar-refractivity contribution in [2.45, 2.75) is 6.54 Å². The average Bonchev–Trinajstić information content (AvgIpc) is 2.63. The molecule has 0 unspecified atom stereocenters. The van der Waals surface area contributed by atoms with Crippen LogP contribution in [-0.4, -0.2) is 19.9 Å². The van der Waals surface area contributed by atoms with Gasteiger partial charge in [0.15, 0.2) is 0 Å². The van der Waals surface area contributed by atoms with Crippen molar-refractivity contribution in [3.8, 4) is 0 Å². The molecule has 1 aromatic carbocycles. The molecule has 0 radical (unpaired) electrons. The lowest BCUT2D eigenvalue weighted by Crippen LogP contribution is -2.07. The highest BCUT2D eigenvalue weighted by Gasteiger charge is 2.17. The van der Waals surface area contributed by atoms with Crippen LogP contribution >= 0.6 is 11.6 Å². The number of nitro groups is 1. The van der Waals surface area contributed by atoms with Gasteiger partial charge in [-0.3, -0.25) is 15.1 Å². The van der Waals surface area contributed by atoms with Gasteiger partial charge in [-0.1, -0.05) is 11.6 Å². The maximum atomic E-state index is 11.2. The molecule has 2 N–H and O–H groups in total. The maximum Gasteiger partial charge on any atom is 0.329 e. The van der Waals surface area contributed by atoms with Gasteiger partial charge in [-0.2, -0.15) is 4.98 Å². The number of halogens is 1. The second kappa shape index (κ2) is 7.54. The summed E-state index contributed by atoms with van der Waals surface area (Å²) in [6.07, 6.45) is 4.47. The van der Waals surface area contributed by atoms with Crippen molar-refractivity contribution in [2.75, 3.05) is 10.6 Å². The number of aromatic nitrogens is 3. The highest BCUT2D eigenvalue weighted by Crippen LogP contribution is 2.24. The number of benzene rings is 1. The van der Waals surface area contributed by atoms with Crippen molar-refractivity contribution < 1.29 is 4.92 Å². The molecule has 8 nitrogen and oxygen atoms in total. The fraction of sp³-hybridized carbons (Fsp3) is 0.0625. The van der Waals surface area contributed by atoms with E-state index in [2.05, 4.69) is 25.6 Å². The van der Waals surface area contributed by atoms with Crippen LogP contribution in [0.4, 0.5) is 23.1 Å². The first-order valence-corrected chi connectivity index (χ1v) is 7.66. The molecule has 126 valence electrons. The number of anilines is 3. The molecule has 9 heteroatoms. The van der Waals surface area contributed by atoms with Crippen LogP contribution in [0, 0.1) is 10.1 Å². The second-order valence-electron chi connectivity index (χ2n) is 5.03. The molecule has 0 fully saturated rings. The van der Waals surface area contributed by atoms with E-state index in [1.54, 1.807) is 36.7 Å². The zero-order valence-electron chi connectivity index (χ0n) is 12.9. The van der Waals surface area contributed by atoms with E-state index >= 15 is 0 Å². The number of hydrogen-bond donors (Lipinski definition) is 2.